The molecular weight excluding hydrogens is 599 g/mol. The number of hydrogen-bond donors (Lipinski definition) is 3. The molecule has 2 aliphatic rings. The summed E-state index contributed by atoms with van der Waals surface area (Å²) >= 11 is 0. The van der Waals surface area contributed by atoms with E-state index in [4.69, 9.17) is 29.9 Å². The molecule has 0 saturated carbocycles. The standard InChI is InChI=1S/C33H18N8O2.Ni/c42-33(43)23-15-7-14-22-24(23)32-40-30-21-13-6-5-12-20(21)28(38-30)36-26-17-9-2-1-8-16(17)25(34-26)35-27-18-10-3-4-11-19(18)29(37-27)39-31(22)41-32;/h1-15H,(H,42,43)(H2,34,35,36,37,38,39,40,41);. The molecule has 11 heteroatoms. The number of fused-ring (bicyclic) bond motifs is 20. The summed E-state index contributed by atoms with van der Waals surface area (Å²) in [6.07, 6.45) is 0. The molecule has 0 radical (unpaired) electrons. The molecule has 2 aliphatic heterocycles. The Morgan fingerprint density at radius 3 is 1.34 bits per heavy atom. The molecule has 7 aromatic rings. The van der Waals surface area contributed by atoms with Crippen molar-refractivity contribution in [1.29, 1.82) is 0 Å². The van der Waals surface area contributed by atoms with Crippen molar-refractivity contribution < 1.29 is 26.4 Å². The molecule has 44 heavy (non-hydrogen) atoms. The molecule has 0 spiro atoms. The number of hydrogen-bond acceptors (Lipinski definition) is 7. The van der Waals surface area contributed by atoms with Crippen molar-refractivity contribution in [2.45, 2.75) is 0 Å². The third-order valence-electron chi connectivity index (χ3n) is 7.81. The van der Waals surface area contributed by atoms with Gasteiger partial charge >= 0.3 is 5.97 Å². The van der Waals surface area contributed by atoms with Crippen LogP contribution >= 0.6 is 0 Å². The van der Waals surface area contributed by atoms with Gasteiger partial charge in [0, 0.05) is 60.3 Å². The van der Waals surface area contributed by atoms with E-state index in [-0.39, 0.29) is 22.1 Å². The number of nitrogens with one attached hydrogen (secondary N) is 2. The van der Waals surface area contributed by atoms with Gasteiger partial charge in [0.05, 0.1) is 5.56 Å². The Kier molecular flexibility index (Phi) is 5.66. The second-order valence-electron chi connectivity index (χ2n) is 10.3. The van der Waals surface area contributed by atoms with Crippen LogP contribution in [0.1, 0.15) is 10.4 Å². The summed E-state index contributed by atoms with van der Waals surface area (Å²) in [6, 6.07) is 28.5. The van der Waals surface area contributed by atoms with E-state index in [1.807, 2.05) is 78.9 Å². The largest absolute Gasteiger partial charge is 0.478 e. The van der Waals surface area contributed by atoms with E-state index < -0.39 is 5.97 Å². The molecule has 4 aromatic carbocycles. The average molecular weight is 617 g/mol. The van der Waals surface area contributed by atoms with Crippen molar-refractivity contribution in [2.75, 3.05) is 0 Å². The zero-order valence-electron chi connectivity index (χ0n) is 22.5. The Morgan fingerprint density at radius 2 is 0.864 bits per heavy atom. The first-order valence-electron chi connectivity index (χ1n) is 13.6. The summed E-state index contributed by atoms with van der Waals surface area (Å²) in [5, 5.41) is 12.9. The molecule has 8 bridgehead atoms. The zero-order chi connectivity index (χ0) is 28.7. The van der Waals surface area contributed by atoms with E-state index in [0.29, 0.717) is 56.7 Å². The van der Waals surface area contributed by atoms with Crippen molar-refractivity contribution in [3.63, 3.8) is 0 Å². The fourth-order valence-electron chi connectivity index (χ4n) is 5.87. The van der Waals surface area contributed by atoms with Gasteiger partial charge in [-0.3, -0.25) is 0 Å². The van der Waals surface area contributed by atoms with Crippen LogP contribution in [-0.2, 0) is 16.5 Å². The molecular formula is C33H18N8NiO2. The number of benzene rings is 4. The number of carboxylic acid groups (broad SMARTS) is 1. The van der Waals surface area contributed by atoms with Crippen LogP contribution in [-0.4, -0.2) is 50.9 Å². The predicted octanol–water partition coefficient (Wildman–Crippen LogP) is 6.56. The smallest absolute Gasteiger partial charge is 0.336 e. The van der Waals surface area contributed by atoms with Crippen LogP contribution in [0.25, 0.3) is 89.7 Å². The van der Waals surface area contributed by atoms with E-state index in [9.17, 15) is 9.90 Å². The predicted molar refractivity (Wildman–Crippen MR) is 163 cm³/mol. The Labute approximate surface area is 257 Å². The van der Waals surface area contributed by atoms with Gasteiger partial charge in [-0.2, -0.15) is 0 Å². The molecule has 0 aliphatic carbocycles. The van der Waals surface area contributed by atoms with Crippen LogP contribution < -0.4 is 0 Å². The summed E-state index contributed by atoms with van der Waals surface area (Å²) in [5.74, 6) is 0.791. The second-order valence-corrected chi connectivity index (χ2v) is 10.3. The summed E-state index contributed by atoms with van der Waals surface area (Å²) in [5.41, 5.74) is 5.36. The fraction of sp³-hybridized carbons (Fsp3) is 0. The molecule has 212 valence electrons. The number of carboxylic acids is 1. The van der Waals surface area contributed by atoms with Crippen molar-refractivity contribution in [3.8, 4) is 45.6 Å². The molecule has 0 saturated heterocycles. The van der Waals surface area contributed by atoms with Crippen LogP contribution in [0.2, 0.25) is 0 Å². The fourth-order valence-corrected chi connectivity index (χ4v) is 5.87. The van der Waals surface area contributed by atoms with Crippen molar-refractivity contribution in [1.82, 2.24) is 39.9 Å². The van der Waals surface area contributed by atoms with Gasteiger partial charge in [-0.15, -0.1) is 0 Å². The van der Waals surface area contributed by atoms with Crippen LogP contribution in [0.4, 0.5) is 0 Å². The first kappa shape index (κ1) is 25.9. The van der Waals surface area contributed by atoms with Gasteiger partial charge in [0.25, 0.3) is 0 Å². The maximum atomic E-state index is 12.3. The van der Waals surface area contributed by atoms with E-state index >= 15 is 0 Å². The molecule has 0 fully saturated rings. The minimum Gasteiger partial charge on any atom is -0.478 e. The molecule has 3 N–H and O–H groups in total. The van der Waals surface area contributed by atoms with Crippen molar-refractivity contribution in [3.05, 3.63) is 96.6 Å². The van der Waals surface area contributed by atoms with Crippen LogP contribution in [0, 0.1) is 0 Å². The Balaban J connectivity index is 0.00000289. The van der Waals surface area contributed by atoms with E-state index in [2.05, 4.69) is 9.97 Å². The number of carbonyl (C=O) groups is 1. The van der Waals surface area contributed by atoms with E-state index in [1.165, 1.54) is 0 Å². The minimum absolute atomic E-state index is 0. The molecule has 0 unspecified atom stereocenters. The third kappa shape index (κ3) is 3.76. The van der Waals surface area contributed by atoms with Gasteiger partial charge in [0.1, 0.15) is 22.6 Å². The maximum Gasteiger partial charge on any atom is 0.336 e. The monoisotopic (exact) mass is 616 g/mol. The summed E-state index contributed by atoms with van der Waals surface area (Å²) in [4.78, 5) is 48.5. The SMILES string of the molecule is O=C(O)c1cccc2c3nc4nc(nc5[nH]c(nc6nc(nc([nH]3)c12)-c1ccccc1-6)c1ccccc51)-c1ccccc1-4.[Ni]. The van der Waals surface area contributed by atoms with Crippen LogP contribution in [0.15, 0.2) is 91.0 Å². The van der Waals surface area contributed by atoms with Gasteiger partial charge in [-0.1, -0.05) is 84.9 Å². The van der Waals surface area contributed by atoms with Gasteiger partial charge in [0.2, 0.25) is 0 Å². The third-order valence-corrected chi connectivity index (χ3v) is 7.81. The Morgan fingerprint density at radius 1 is 0.477 bits per heavy atom. The molecule has 9 rings (SSSR count). The Bertz CT molecular complexity index is 2510. The quantitative estimate of drug-likeness (QED) is 0.176. The number of aromatic carboxylic acids is 1. The molecule has 5 heterocycles. The number of aromatic amines is 2. The molecule has 10 nitrogen and oxygen atoms in total. The topological polar surface area (TPSA) is 146 Å². The van der Waals surface area contributed by atoms with Crippen LogP contribution in [0.5, 0.6) is 0 Å². The number of aromatic nitrogens is 8. The van der Waals surface area contributed by atoms with Gasteiger partial charge in [0.15, 0.2) is 23.3 Å². The summed E-state index contributed by atoms with van der Waals surface area (Å²) < 4.78 is 0. The van der Waals surface area contributed by atoms with E-state index in [1.54, 1.807) is 12.1 Å². The van der Waals surface area contributed by atoms with Crippen LogP contribution in [0.3, 0.4) is 0 Å². The number of rotatable bonds is 1. The molecule has 3 aromatic heterocycles. The Hall–Kier alpha value is -5.80. The zero-order valence-corrected chi connectivity index (χ0v) is 23.5. The maximum absolute atomic E-state index is 12.3. The first-order chi connectivity index (χ1) is 21.1. The normalized spacial score (nSPS) is 11.6. The van der Waals surface area contributed by atoms with E-state index in [0.717, 1.165) is 33.0 Å². The summed E-state index contributed by atoms with van der Waals surface area (Å²) in [6.45, 7) is 0. The minimum atomic E-state index is -1.07. The number of nitrogens with zero attached hydrogens (tertiary/aromatic N) is 6. The average Bonchev–Trinajstić information content (AvgIpc) is 3.76. The number of H-pyrrole nitrogens is 2. The van der Waals surface area contributed by atoms with Gasteiger partial charge < -0.3 is 15.1 Å². The second kappa shape index (κ2) is 9.62. The molecule has 0 atom stereocenters. The van der Waals surface area contributed by atoms with Gasteiger partial charge in [-0.25, -0.2) is 34.7 Å². The molecule has 0 amide bonds. The van der Waals surface area contributed by atoms with Crippen molar-refractivity contribution in [2.24, 2.45) is 0 Å². The summed E-state index contributed by atoms with van der Waals surface area (Å²) in [7, 11) is 0. The van der Waals surface area contributed by atoms with Gasteiger partial charge in [-0.05, 0) is 6.07 Å². The first-order valence-corrected chi connectivity index (χ1v) is 13.6. The van der Waals surface area contributed by atoms with Crippen molar-refractivity contribution >= 4 is 50.1 Å².